The van der Waals surface area contributed by atoms with Gasteiger partial charge < -0.3 is 47.7 Å². The van der Waals surface area contributed by atoms with Crippen LogP contribution in [0.5, 0.6) is 0 Å². The minimum Gasteiger partial charge on any atom is -0.747 e. The summed E-state index contributed by atoms with van der Waals surface area (Å²) in [4.78, 5) is 71.6. The molecule has 65 heavy (non-hydrogen) atoms. The van der Waals surface area contributed by atoms with Crippen LogP contribution in [0.15, 0.2) is 24.3 Å². The van der Waals surface area contributed by atoms with Crippen molar-refractivity contribution in [3.8, 4) is 0 Å². The molecule has 0 aromatic carbocycles. The summed E-state index contributed by atoms with van der Waals surface area (Å²) in [5.74, 6) is -6.05. The molecule has 4 atom stereocenters. The molecule has 0 radical (unpaired) electrons. The Labute approximate surface area is 412 Å². The molecule has 0 aliphatic carbocycles. The number of aliphatic hydroxyl groups excluding tert-OH is 2. The number of unbranched alkanes of at least 4 members (excludes halogenated alkanes) is 12. The van der Waals surface area contributed by atoms with E-state index in [1.165, 1.54) is 0 Å². The van der Waals surface area contributed by atoms with Gasteiger partial charge >= 0.3 is 73.6 Å². The molecule has 2 N–H and O–H groups in total. The van der Waals surface area contributed by atoms with Crippen LogP contribution in [0, 0.1) is 10.8 Å². The fraction of sp³-hybridized carbons (Fsp3) is 0.762. The van der Waals surface area contributed by atoms with Crippen molar-refractivity contribution in [3.63, 3.8) is 0 Å². The number of carbonyl (C=O) groups is 6. The number of allylic oxidation sites excluding steroid dienone is 4. The number of hydrogen-bond acceptors (Lipinski definition) is 20. The van der Waals surface area contributed by atoms with E-state index in [9.17, 15) is 64.9 Å². The van der Waals surface area contributed by atoms with Crippen molar-refractivity contribution < 1.29 is 93.3 Å². The van der Waals surface area contributed by atoms with Crippen molar-refractivity contribution >= 4 is 93.8 Å². The largest absolute Gasteiger partial charge is 2.00 e. The van der Waals surface area contributed by atoms with Gasteiger partial charge in [0.1, 0.15) is 59.9 Å². The molecular weight excluding hydrogens is 929 g/mol. The Morgan fingerprint density at radius 3 is 1.20 bits per heavy atom. The van der Waals surface area contributed by atoms with Gasteiger partial charge in [-0.2, -0.15) is 0 Å². The normalized spacial score (nSPS) is 22.2. The zero-order chi connectivity index (χ0) is 48.1. The molecule has 2 aliphatic rings. The predicted molar refractivity (Wildman–Crippen MR) is 230 cm³/mol. The zero-order valence-electron chi connectivity index (χ0n) is 37.6. The minimum atomic E-state index is -5.13. The van der Waals surface area contributed by atoms with Crippen LogP contribution in [0.1, 0.15) is 129 Å². The summed E-state index contributed by atoms with van der Waals surface area (Å²) in [6.07, 6.45) is 20.7. The van der Waals surface area contributed by atoms with Crippen LogP contribution in [0.4, 0.5) is 0 Å². The maximum Gasteiger partial charge on any atom is 2.00 e. The zero-order valence-corrected chi connectivity index (χ0v) is 41.5. The summed E-state index contributed by atoms with van der Waals surface area (Å²) < 4.78 is 97.1. The number of hydrogen-bond donors (Lipinski definition) is 2. The molecule has 2 fully saturated rings. The van der Waals surface area contributed by atoms with Crippen molar-refractivity contribution in [2.24, 2.45) is 10.8 Å². The topological polar surface area (TPSA) is 313 Å². The first-order valence-corrected chi connectivity index (χ1v) is 24.5. The molecule has 2 heterocycles. The molecule has 0 aromatic rings. The number of cyclic esters (lactones) is 4. The van der Waals surface area contributed by atoms with E-state index in [4.69, 9.17) is 28.4 Å². The summed E-state index contributed by atoms with van der Waals surface area (Å²) in [6, 6.07) is 0. The van der Waals surface area contributed by atoms with Gasteiger partial charge in [0.25, 0.3) is 0 Å². The monoisotopic (exact) mass is 994 g/mol. The van der Waals surface area contributed by atoms with Crippen molar-refractivity contribution in [2.45, 2.75) is 140 Å². The van der Waals surface area contributed by atoms with Gasteiger partial charge in [-0.15, -0.1) is 0 Å². The smallest absolute Gasteiger partial charge is 0.747 e. The number of aliphatic hydroxyl groups is 2. The second kappa shape index (κ2) is 33.7. The number of rotatable bonds is 26. The van der Waals surface area contributed by atoms with Gasteiger partial charge in [0, 0.05) is 12.8 Å². The Bertz CT molecular complexity index is 1620. The summed E-state index contributed by atoms with van der Waals surface area (Å²) in [6.45, 7) is -0.239. The molecule has 20 nitrogen and oxygen atoms in total. The quantitative estimate of drug-likeness (QED) is 0.0314. The van der Waals surface area contributed by atoms with Crippen molar-refractivity contribution in [2.75, 3.05) is 52.9 Å². The molecule has 2 rings (SSSR count). The SMILES string of the molecule is C/C=C/CCCCCCCCC(=O)OCC1(CO)COC(=O)CC(S(=O)(=O)[O-])C(=O)OC1.C/C=C/CCCCCCCCC(=O)OCC1(CO)COC(=O)CC(S(=O)(=O)[O-])C(=O)OC1.[Ca+2]. The fourth-order valence-corrected chi connectivity index (χ4v) is 7.36. The molecular formula is C42H66CaO20S2. The van der Waals surface area contributed by atoms with Crippen LogP contribution in [-0.4, -0.2) is 173 Å². The second-order valence-electron chi connectivity index (χ2n) is 16.0. The Balaban J connectivity index is 0.00000124. The molecule has 23 heteroatoms. The first kappa shape index (κ1) is 62.3. The van der Waals surface area contributed by atoms with Crippen LogP contribution in [0.25, 0.3) is 0 Å². The van der Waals surface area contributed by atoms with Crippen LogP contribution >= 0.6 is 0 Å². The Kier molecular flexibility index (Phi) is 32.3. The van der Waals surface area contributed by atoms with E-state index in [1.54, 1.807) is 0 Å². The van der Waals surface area contributed by atoms with E-state index >= 15 is 0 Å². The summed E-state index contributed by atoms with van der Waals surface area (Å²) in [5.41, 5.74) is -2.90. The second-order valence-corrected chi connectivity index (χ2v) is 19.1. The molecule has 0 aromatic heterocycles. The van der Waals surface area contributed by atoms with Crippen LogP contribution in [0.3, 0.4) is 0 Å². The third kappa shape index (κ3) is 27.0. The van der Waals surface area contributed by atoms with Gasteiger partial charge in [-0.3, -0.25) is 28.8 Å². The average molecular weight is 995 g/mol. The van der Waals surface area contributed by atoms with Crippen LogP contribution < -0.4 is 0 Å². The third-order valence-electron chi connectivity index (χ3n) is 10.3. The molecule has 4 unspecified atom stereocenters. The Hall–Kier alpha value is -2.70. The van der Waals surface area contributed by atoms with Gasteiger partial charge in [0.05, 0.1) is 36.9 Å². The molecule has 0 saturated carbocycles. The van der Waals surface area contributed by atoms with E-state index in [0.717, 1.165) is 77.0 Å². The minimum absolute atomic E-state index is 0. The fourth-order valence-electron chi connectivity index (χ4n) is 6.07. The number of carbonyl (C=O) groups excluding carboxylic acids is 6. The molecule has 0 spiro atoms. The van der Waals surface area contributed by atoms with E-state index in [1.807, 2.05) is 26.0 Å². The van der Waals surface area contributed by atoms with Crippen LogP contribution in [0.2, 0.25) is 0 Å². The predicted octanol–water partition coefficient (Wildman–Crippen LogP) is 2.84. The van der Waals surface area contributed by atoms with Gasteiger partial charge in [0.15, 0.2) is 10.5 Å². The van der Waals surface area contributed by atoms with E-state index < -0.39 is 143 Å². The first-order valence-electron chi connectivity index (χ1n) is 21.6. The van der Waals surface area contributed by atoms with Gasteiger partial charge in [0.2, 0.25) is 0 Å². The number of ether oxygens (including phenoxy) is 6. The van der Waals surface area contributed by atoms with E-state index in [0.29, 0.717) is 12.8 Å². The summed E-state index contributed by atoms with van der Waals surface area (Å²) >= 11 is 0. The van der Waals surface area contributed by atoms with E-state index in [-0.39, 0.29) is 50.6 Å². The van der Waals surface area contributed by atoms with Crippen molar-refractivity contribution in [1.82, 2.24) is 0 Å². The molecule has 368 valence electrons. The summed E-state index contributed by atoms with van der Waals surface area (Å²) in [5, 5.41) is 15.1. The molecule has 0 amide bonds. The maximum atomic E-state index is 12.0. The standard InChI is InChI=1S/2C21H34O10S.Ca/c2*1-2-3-4-5-6-7-8-9-10-11-18(23)29-14-21(13-22)15-30-19(24)12-17(32(26,27)28)20(25)31-16-21;/h2*2-3,17,22H,4-16H2,1H3,(H,26,27,28);/q;;+2/p-2/b2*3-2+;. The number of esters is 6. The van der Waals surface area contributed by atoms with Gasteiger partial charge in [-0.1, -0.05) is 75.7 Å². The van der Waals surface area contributed by atoms with Gasteiger partial charge in [-0.05, 0) is 52.4 Å². The van der Waals surface area contributed by atoms with Crippen molar-refractivity contribution in [3.05, 3.63) is 24.3 Å². The molecule has 2 saturated heterocycles. The van der Waals surface area contributed by atoms with E-state index in [2.05, 4.69) is 12.2 Å². The Morgan fingerprint density at radius 1 is 0.585 bits per heavy atom. The van der Waals surface area contributed by atoms with Crippen molar-refractivity contribution in [1.29, 1.82) is 0 Å². The first-order chi connectivity index (χ1) is 30.3. The Morgan fingerprint density at radius 2 is 0.892 bits per heavy atom. The van der Waals surface area contributed by atoms with Gasteiger partial charge in [-0.25, -0.2) is 16.8 Å². The van der Waals surface area contributed by atoms with Crippen LogP contribution in [-0.2, 0) is 77.4 Å². The summed E-state index contributed by atoms with van der Waals surface area (Å²) in [7, 11) is -10.3. The molecule has 0 bridgehead atoms. The maximum absolute atomic E-state index is 12.0. The third-order valence-corrected chi connectivity index (χ3v) is 12.4. The molecule has 2 aliphatic heterocycles. The average Bonchev–Trinajstić information content (AvgIpc) is 3.35.